The maximum absolute atomic E-state index is 12.2. The summed E-state index contributed by atoms with van der Waals surface area (Å²) < 4.78 is 10.6. The van der Waals surface area contributed by atoms with E-state index >= 15 is 0 Å². The molecular weight excluding hydrogens is 645 g/mol. The number of esters is 2. The van der Waals surface area contributed by atoms with Crippen LogP contribution in [0.25, 0.3) is 0 Å². The van der Waals surface area contributed by atoms with Crippen LogP contribution in [0.3, 0.4) is 0 Å². The zero-order chi connectivity index (χ0) is 37.8. The van der Waals surface area contributed by atoms with Crippen LogP contribution in [-0.2, 0) is 19.1 Å². The van der Waals surface area contributed by atoms with Crippen molar-refractivity contribution in [3.8, 4) is 0 Å². The van der Waals surface area contributed by atoms with Crippen molar-refractivity contribution in [3.05, 3.63) is 97.2 Å². The van der Waals surface area contributed by atoms with E-state index in [-0.39, 0.29) is 25.2 Å². The first kappa shape index (κ1) is 48.8. The fraction of sp³-hybridized carbons (Fsp3) is 0.617. The summed E-state index contributed by atoms with van der Waals surface area (Å²) in [4.78, 5) is 24.3. The average Bonchev–Trinajstić information content (AvgIpc) is 3.15. The van der Waals surface area contributed by atoms with Crippen LogP contribution in [0.2, 0.25) is 0 Å². The third kappa shape index (κ3) is 39.6. The molecule has 294 valence electrons. The third-order valence-electron chi connectivity index (χ3n) is 8.36. The fourth-order valence-corrected chi connectivity index (χ4v) is 5.23. The predicted molar refractivity (Wildman–Crippen MR) is 223 cm³/mol. The van der Waals surface area contributed by atoms with Crippen LogP contribution in [0.4, 0.5) is 0 Å². The molecule has 1 unspecified atom stereocenters. The zero-order valence-electron chi connectivity index (χ0n) is 33.3. The van der Waals surface area contributed by atoms with Gasteiger partial charge in [-0.25, -0.2) is 0 Å². The van der Waals surface area contributed by atoms with Crippen LogP contribution < -0.4 is 0 Å². The molecule has 0 amide bonds. The summed E-state index contributed by atoms with van der Waals surface area (Å²) in [6, 6.07) is 0. The van der Waals surface area contributed by atoms with Crippen LogP contribution in [0, 0.1) is 0 Å². The molecule has 0 aromatic rings. The van der Waals surface area contributed by atoms with E-state index in [9.17, 15) is 14.7 Å². The summed E-state index contributed by atoms with van der Waals surface area (Å²) in [5.74, 6) is -0.652. The first-order valence-corrected chi connectivity index (χ1v) is 20.8. The molecule has 0 aromatic carbocycles. The van der Waals surface area contributed by atoms with Gasteiger partial charge in [0.2, 0.25) is 0 Å². The lowest BCUT2D eigenvalue weighted by Crippen LogP contribution is -2.28. The summed E-state index contributed by atoms with van der Waals surface area (Å²) in [5, 5.41) is 9.57. The number of carbonyl (C=O) groups excluding carboxylic acids is 2. The largest absolute Gasteiger partial charge is 0.462 e. The Bertz CT molecular complexity index is 1040. The van der Waals surface area contributed by atoms with E-state index in [2.05, 4.69) is 111 Å². The van der Waals surface area contributed by atoms with E-state index in [0.717, 1.165) is 96.3 Å². The quantitative estimate of drug-likeness (QED) is 0.0396. The van der Waals surface area contributed by atoms with Gasteiger partial charge in [-0.15, -0.1) is 0 Å². The van der Waals surface area contributed by atoms with Crippen LogP contribution in [0.1, 0.15) is 168 Å². The van der Waals surface area contributed by atoms with Crippen LogP contribution >= 0.6 is 0 Å². The minimum Gasteiger partial charge on any atom is -0.462 e. The molecule has 0 aromatic heterocycles. The van der Waals surface area contributed by atoms with Gasteiger partial charge in [0.1, 0.15) is 6.61 Å². The molecule has 5 heteroatoms. The van der Waals surface area contributed by atoms with E-state index in [4.69, 9.17) is 9.47 Å². The average molecular weight is 721 g/mol. The summed E-state index contributed by atoms with van der Waals surface area (Å²) in [6.07, 6.45) is 58.9. The first-order chi connectivity index (χ1) is 25.6. The lowest BCUT2D eigenvalue weighted by molar-refractivity contribution is -0.161. The molecule has 1 atom stereocenters. The minimum absolute atomic E-state index is 0.0926. The van der Waals surface area contributed by atoms with Gasteiger partial charge in [-0.3, -0.25) is 9.59 Å². The Morgan fingerprint density at radius 3 is 1.27 bits per heavy atom. The number of allylic oxidation sites excluding steroid dienone is 16. The Morgan fingerprint density at radius 2 is 0.827 bits per heavy atom. The molecule has 0 aliphatic carbocycles. The molecular formula is C47H76O5. The van der Waals surface area contributed by atoms with Gasteiger partial charge in [-0.05, 0) is 96.3 Å². The molecule has 0 aliphatic heterocycles. The monoisotopic (exact) mass is 721 g/mol. The van der Waals surface area contributed by atoms with Gasteiger partial charge in [0.05, 0.1) is 6.61 Å². The van der Waals surface area contributed by atoms with E-state index in [1.54, 1.807) is 0 Å². The van der Waals surface area contributed by atoms with Crippen molar-refractivity contribution in [2.75, 3.05) is 13.2 Å². The Kier molecular flexibility index (Phi) is 39.7. The van der Waals surface area contributed by atoms with Gasteiger partial charge in [-0.1, -0.05) is 156 Å². The Hall–Kier alpha value is -3.18. The van der Waals surface area contributed by atoms with Crippen LogP contribution in [0.15, 0.2) is 97.2 Å². The van der Waals surface area contributed by atoms with Crippen molar-refractivity contribution in [3.63, 3.8) is 0 Å². The predicted octanol–water partition coefficient (Wildman–Crippen LogP) is 13.3. The highest BCUT2D eigenvalue weighted by Gasteiger charge is 2.16. The van der Waals surface area contributed by atoms with Crippen LogP contribution in [0.5, 0.6) is 0 Å². The van der Waals surface area contributed by atoms with Crippen molar-refractivity contribution in [2.45, 2.75) is 174 Å². The maximum atomic E-state index is 12.2. The molecule has 0 spiro atoms. The highest BCUT2D eigenvalue weighted by atomic mass is 16.6. The molecule has 0 fully saturated rings. The fourth-order valence-electron chi connectivity index (χ4n) is 5.23. The molecule has 0 rings (SSSR count). The molecule has 5 nitrogen and oxygen atoms in total. The normalized spacial score (nSPS) is 13.2. The lowest BCUT2D eigenvalue weighted by Gasteiger charge is -2.15. The Morgan fingerprint density at radius 1 is 0.462 bits per heavy atom. The van der Waals surface area contributed by atoms with Gasteiger partial charge < -0.3 is 14.6 Å². The molecule has 0 saturated heterocycles. The van der Waals surface area contributed by atoms with Crippen molar-refractivity contribution in [1.82, 2.24) is 0 Å². The number of carbonyl (C=O) groups is 2. The van der Waals surface area contributed by atoms with Gasteiger partial charge in [0.25, 0.3) is 0 Å². The van der Waals surface area contributed by atoms with Gasteiger partial charge in [-0.2, -0.15) is 0 Å². The van der Waals surface area contributed by atoms with Crippen molar-refractivity contribution >= 4 is 11.9 Å². The number of aliphatic hydroxyl groups excluding tert-OH is 1. The van der Waals surface area contributed by atoms with E-state index in [1.807, 2.05) is 0 Å². The number of hydrogen-bond donors (Lipinski definition) is 1. The van der Waals surface area contributed by atoms with Crippen molar-refractivity contribution in [2.24, 2.45) is 0 Å². The molecule has 0 heterocycles. The summed E-state index contributed by atoms with van der Waals surface area (Å²) in [7, 11) is 0. The van der Waals surface area contributed by atoms with Gasteiger partial charge in [0, 0.05) is 12.8 Å². The summed E-state index contributed by atoms with van der Waals surface area (Å²) >= 11 is 0. The molecule has 0 radical (unpaired) electrons. The summed E-state index contributed by atoms with van der Waals surface area (Å²) in [5.41, 5.74) is 0. The second-order valence-electron chi connectivity index (χ2n) is 13.3. The molecule has 1 N–H and O–H groups in total. The number of rotatable bonds is 36. The Balaban J connectivity index is 3.68. The second kappa shape index (κ2) is 42.2. The smallest absolute Gasteiger partial charge is 0.306 e. The number of aliphatic hydroxyl groups is 1. The SMILES string of the molecule is CC/C=C\C/C=C\C/C=C\C/C=C\C/C=C\CCCCCC(=O)OC(CO)COC(=O)CCCCCCCC/C=C\C/C=C\C/C=C\CCCCC. The zero-order valence-corrected chi connectivity index (χ0v) is 33.3. The first-order valence-electron chi connectivity index (χ1n) is 20.8. The van der Waals surface area contributed by atoms with E-state index in [0.29, 0.717) is 12.8 Å². The lowest BCUT2D eigenvalue weighted by atomic mass is 10.1. The standard InChI is InChI=1S/C47H76O5/c1-3-5-7-9-11-13-15-17-19-21-23-25-27-29-31-33-35-37-39-41-46(49)51-44-45(43-48)52-47(50)42-40-38-36-34-32-30-28-26-24-22-20-18-16-14-12-10-8-6-4-2/h6,8,11-14,17-20,23-26,30,32,45,48H,3-5,7,9-10,15-16,21-22,27-29,31,33-44H2,1-2H3/b8-6-,13-11-,14-12-,19-17-,20-18-,25-23-,26-24-,32-30-. The second-order valence-corrected chi connectivity index (χ2v) is 13.3. The topological polar surface area (TPSA) is 72.8 Å². The highest BCUT2D eigenvalue weighted by Crippen LogP contribution is 2.11. The minimum atomic E-state index is -0.801. The van der Waals surface area contributed by atoms with E-state index < -0.39 is 6.10 Å². The molecule has 0 aliphatic rings. The summed E-state index contributed by atoms with van der Waals surface area (Å²) in [6.45, 7) is 3.94. The number of unbranched alkanes of at least 4 members (excludes halogenated alkanes) is 12. The van der Waals surface area contributed by atoms with Gasteiger partial charge >= 0.3 is 11.9 Å². The number of ether oxygens (including phenoxy) is 2. The molecule has 0 bridgehead atoms. The van der Waals surface area contributed by atoms with Crippen molar-refractivity contribution in [1.29, 1.82) is 0 Å². The van der Waals surface area contributed by atoms with E-state index in [1.165, 1.54) is 44.9 Å². The van der Waals surface area contributed by atoms with Gasteiger partial charge in [0.15, 0.2) is 6.10 Å². The maximum Gasteiger partial charge on any atom is 0.306 e. The van der Waals surface area contributed by atoms with Crippen LogP contribution in [-0.4, -0.2) is 36.4 Å². The molecule has 52 heavy (non-hydrogen) atoms. The van der Waals surface area contributed by atoms with Crippen molar-refractivity contribution < 1.29 is 24.2 Å². The highest BCUT2D eigenvalue weighted by molar-refractivity contribution is 5.70. The third-order valence-corrected chi connectivity index (χ3v) is 8.36. The Labute approximate surface area is 319 Å². The number of hydrogen-bond acceptors (Lipinski definition) is 5. The molecule has 0 saturated carbocycles.